The fourth-order valence-electron chi connectivity index (χ4n) is 2.15. The van der Waals surface area contributed by atoms with E-state index in [2.05, 4.69) is 4.98 Å². The number of nitro groups is 1. The van der Waals surface area contributed by atoms with E-state index in [1.54, 1.807) is 11.8 Å². The lowest BCUT2D eigenvalue weighted by molar-refractivity contribution is -0.384. The number of carboxylic acid groups (broad SMARTS) is 1. The highest BCUT2D eigenvalue weighted by molar-refractivity contribution is 5.68. The van der Waals surface area contributed by atoms with Gasteiger partial charge < -0.3 is 19.5 Å². The van der Waals surface area contributed by atoms with Crippen molar-refractivity contribution in [1.29, 1.82) is 0 Å². The summed E-state index contributed by atoms with van der Waals surface area (Å²) in [6.07, 6.45) is 0. The van der Waals surface area contributed by atoms with Crippen molar-refractivity contribution < 1.29 is 24.3 Å². The van der Waals surface area contributed by atoms with Gasteiger partial charge in [0.15, 0.2) is 0 Å². The van der Waals surface area contributed by atoms with Crippen LogP contribution < -0.4 is 9.64 Å². The first-order chi connectivity index (χ1) is 9.84. The Bertz CT molecular complexity index is 570. The van der Waals surface area contributed by atoms with E-state index < -0.39 is 23.1 Å². The number of rotatable bonds is 6. The van der Waals surface area contributed by atoms with Crippen molar-refractivity contribution in [3.05, 3.63) is 22.2 Å². The van der Waals surface area contributed by atoms with Crippen molar-refractivity contribution in [3.8, 4) is 5.88 Å². The Morgan fingerprint density at radius 3 is 2.76 bits per heavy atom. The topological polar surface area (TPSA) is 115 Å². The first-order valence-corrected chi connectivity index (χ1v) is 6.15. The average molecular weight is 297 g/mol. The van der Waals surface area contributed by atoms with E-state index in [1.807, 2.05) is 0 Å². The molecule has 0 saturated carbocycles. The van der Waals surface area contributed by atoms with E-state index in [9.17, 15) is 14.9 Å². The van der Waals surface area contributed by atoms with Crippen LogP contribution in [0.2, 0.25) is 0 Å². The maximum absolute atomic E-state index is 11.0. The van der Waals surface area contributed by atoms with Crippen LogP contribution in [0, 0.1) is 10.1 Å². The van der Waals surface area contributed by atoms with Gasteiger partial charge in [-0.1, -0.05) is 0 Å². The van der Waals surface area contributed by atoms with Crippen molar-refractivity contribution in [2.24, 2.45) is 0 Å². The monoisotopic (exact) mass is 297 g/mol. The zero-order valence-electron chi connectivity index (χ0n) is 11.6. The lowest BCUT2D eigenvalue weighted by Gasteiger charge is -2.47. The van der Waals surface area contributed by atoms with E-state index in [0.29, 0.717) is 13.1 Å². The number of ether oxygens (including phenoxy) is 2. The van der Waals surface area contributed by atoms with Crippen LogP contribution in [-0.4, -0.2) is 53.4 Å². The summed E-state index contributed by atoms with van der Waals surface area (Å²) in [4.78, 5) is 26.8. The number of hydrogen-bond donors (Lipinski definition) is 1. The van der Waals surface area contributed by atoms with Gasteiger partial charge in [-0.2, -0.15) is 4.98 Å². The predicted octanol–water partition coefficient (Wildman–Crippen LogP) is 0.678. The molecule has 1 aromatic heterocycles. The molecule has 0 aromatic carbocycles. The van der Waals surface area contributed by atoms with Crippen molar-refractivity contribution in [1.82, 2.24) is 4.98 Å². The summed E-state index contributed by atoms with van der Waals surface area (Å²) in [6.45, 7) is 1.99. The Morgan fingerprint density at radius 2 is 2.24 bits per heavy atom. The van der Waals surface area contributed by atoms with Crippen molar-refractivity contribution in [2.75, 3.05) is 31.7 Å². The Hall–Kier alpha value is -2.42. The number of carbonyl (C=O) groups is 1. The molecule has 0 spiro atoms. The Morgan fingerprint density at radius 1 is 1.57 bits per heavy atom. The second-order valence-corrected chi connectivity index (χ2v) is 4.94. The SMILES string of the molecule is COc1ccc([N+](=O)[O-])c(N2CC(C)(OCC(=O)O)C2)n1. The molecule has 1 saturated heterocycles. The molecule has 1 aliphatic rings. The fraction of sp³-hybridized carbons (Fsp3) is 0.500. The molecule has 9 nitrogen and oxygen atoms in total. The number of nitrogens with zero attached hydrogens (tertiary/aromatic N) is 3. The molecule has 1 fully saturated rings. The van der Waals surface area contributed by atoms with Gasteiger partial charge in [0.1, 0.15) is 12.2 Å². The summed E-state index contributed by atoms with van der Waals surface area (Å²) in [5, 5.41) is 19.6. The number of carboxylic acids is 1. The van der Waals surface area contributed by atoms with Crippen LogP contribution in [0.25, 0.3) is 0 Å². The second kappa shape index (κ2) is 5.52. The molecule has 9 heteroatoms. The largest absolute Gasteiger partial charge is 0.481 e. The van der Waals surface area contributed by atoms with Gasteiger partial charge in [0.25, 0.3) is 0 Å². The molecule has 0 atom stereocenters. The normalized spacial score (nSPS) is 16.2. The predicted molar refractivity (Wildman–Crippen MR) is 71.6 cm³/mol. The van der Waals surface area contributed by atoms with Gasteiger partial charge in [0.2, 0.25) is 11.7 Å². The van der Waals surface area contributed by atoms with Crippen LogP contribution in [-0.2, 0) is 9.53 Å². The molecule has 2 rings (SSSR count). The quantitative estimate of drug-likeness (QED) is 0.602. The molecule has 1 N–H and O–H groups in total. The molecule has 0 bridgehead atoms. The first-order valence-electron chi connectivity index (χ1n) is 6.15. The zero-order valence-corrected chi connectivity index (χ0v) is 11.6. The summed E-state index contributed by atoms with van der Waals surface area (Å²) in [7, 11) is 1.42. The van der Waals surface area contributed by atoms with E-state index in [0.717, 1.165) is 0 Å². The number of pyridine rings is 1. The molecule has 0 aliphatic carbocycles. The van der Waals surface area contributed by atoms with Crippen LogP contribution in [0.5, 0.6) is 5.88 Å². The van der Waals surface area contributed by atoms with Gasteiger partial charge in [-0.25, -0.2) is 4.79 Å². The van der Waals surface area contributed by atoms with Crippen LogP contribution in [0.4, 0.5) is 11.5 Å². The Kier molecular flexibility index (Phi) is 3.94. The minimum absolute atomic E-state index is 0.129. The van der Waals surface area contributed by atoms with Gasteiger partial charge in [-0.15, -0.1) is 0 Å². The minimum Gasteiger partial charge on any atom is -0.481 e. The van der Waals surface area contributed by atoms with Crippen molar-refractivity contribution >= 4 is 17.5 Å². The molecule has 0 radical (unpaired) electrons. The molecule has 2 heterocycles. The number of methoxy groups -OCH3 is 1. The van der Waals surface area contributed by atoms with Gasteiger partial charge in [-0.05, 0) is 6.92 Å². The van der Waals surface area contributed by atoms with Crippen LogP contribution in [0.15, 0.2) is 12.1 Å². The molecular weight excluding hydrogens is 282 g/mol. The smallest absolute Gasteiger partial charge is 0.329 e. The summed E-state index contributed by atoms with van der Waals surface area (Å²) < 4.78 is 10.2. The van der Waals surface area contributed by atoms with Gasteiger partial charge in [0.05, 0.1) is 25.1 Å². The number of aromatic nitrogens is 1. The molecule has 1 aromatic rings. The Labute approximate surface area is 120 Å². The summed E-state index contributed by atoms with van der Waals surface area (Å²) in [6, 6.07) is 2.75. The highest BCUT2D eigenvalue weighted by Gasteiger charge is 2.43. The molecule has 0 amide bonds. The number of aliphatic carboxylic acids is 1. The van der Waals surface area contributed by atoms with Crippen LogP contribution in [0.1, 0.15) is 6.92 Å². The third-order valence-electron chi connectivity index (χ3n) is 3.13. The van der Waals surface area contributed by atoms with Crippen molar-refractivity contribution in [2.45, 2.75) is 12.5 Å². The fourth-order valence-corrected chi connectivity index (χ4v) is 2.15. The molecule has 1 aliphatic heterocycles. The van der Waals surface area contributed by atoms with E-state index in [1.165, 1.54) is 19.2 Å². The summed E-state index contributed by atoms with van der Waals surface area (Å²) in [5.74, 6) is -0.591. The van der Waals surface area contributed by atoms with Crippen LogP contribution in [0.3, 0.4) is 0 Å². The second-order valence-electron chi connectivity index (χ2n) is 4.94. The molecule has 21 heavy (non-hydrogen) atoms. The van der Waals surface area contributed by atoms with Crippen LogP contribution >= 0.6 is 0 Å². The number of anilines is 1. The third kappa shape index (κ3) is 3.19. The van der Waals surface area contributed by atoms with Crippen molar-refractivity contribution in [3.63, 3.8) is 0 Å². The highest BCUT2D eigenvalue weighted by atomic mass is 16.6. The molecule has 0 unspecified atom stereocenters. The van der Waals surface area contributed by atoms with Gasteiger partial charge >= 0.3 is 11.7 Å². The zero-order chi connectivity index (χ0) is 15.6. The van der Waals surface area contributed by atoms with E-state index in [-0.39, 0.29) is 17.4 Å². The molecular formula is C12H15N3O6. The lowest BCUT2D eigenvalue weighted by atomic mass is 9.96. The third-order valence-corrected chi connectivity index (χ3v) is 3.13. The number of hydrogen-bond acceptors (Lipinski definition) is 7. The Balaban J connectivity index is 2.13. The minimum atomic E-state index is -1.06. The maximum Gasteiger partial charge on any atom is 0.329 e. The summed E-state index contributed by atoms with van der Waals surface area (Å²) >= 11 is 0. The van der Waals surface area contributed by atoms with Gasteiger partial charge in [0, 0.05) is 12.1 Å². The van der Waals surface area contributed by atoms with E-state index >= 15 is 0 Å². The standard InChI is InChI=1S/C12H15N3O6/c1-12(21-5-10(16)17)6-14(7-12)11-8(15(18)19)3-4-9(13-11)20-2/h3-4H,5-7H2,1-2H3,(H,16,17). The first kappa shape index (κ1) is 15.0. The highest BCUT2D eigenvalue weighted by Crippen LogP contribution is 2.35. The average Bonchev–Trinajstić information content (AvgIpc) is 2.41. The lowest BCUT2D eigenvalue weighted by Crippen LogP contribution is -2.62. The summed E-state index contributed by atoms with van der Waals surface area (Å²) in [5.41, 5.74) is -0.784. The van der Waals surface area contributed by atoms with E-state index in [4.69, 9.17) is 14.6 Å². The maximum atomic E-state index is 11.0. The van der Waals surface area contributed by atoms with Gasteiger partial charge in [-0.3, -0.25) is 10.1 Å². The molecule has 114 valence electrons.